The van der Waals surface area contributed by atoms with E-state index in [1.165, 1.54) is 6.92 Å². The molecule has 0 saturated carbocycles. The van der Waals surface area contributed by atoms with Crippen molar-refractivity contribution in [2.24, 2.45) is 17.8 Å². The predicted octanol–water partition coefficient (Wildman–Crippen LogP) is 3.40. The first-order valence-electron chi connectivity index (χ1n) is 9.50. The van der Waals surface area contributed by atoms with Gasteiger partial charge in [0.05, 0.1) is 5.92 Å². The smallest absolute Gasteiger partial charge is 0.410 e. The van der Waals surface area contributed by atoms with Gasteiger partial charge in [-0.2, -0.15) is 0 Å². The molecule has 28 heavy (non-hydrogen) atoms. The fraction of sp³-hybridized carbons (Fsp3) is 0.571. The number of alkyl carbamates (subject to hydrolysis) is 1. The number of carboxylic acid groups (broad SMARTS) is 1. The number of aliphatic carboxylic acids is 1. The summed E-state index contributed by atoms with van der Waals surface area (Å²) in [6, 6.07) is 7.83. The van der Waals surface area contributed by atoms with Crippen molar-refractivity contribution in [3.63, 3.8) is 0 Å². The fourth-order valence-electron chi connectivity index (χ4n) is 2.70. The van der Waals surface area contributed by atoms with Gasteiger partial charge in [0, 0.05) is 19.4 Å². The molecule has 0 bridgehead atoms. The number of hydrogen-bond donors (Lipinski definition) is 2. The first-order chi connectivity index (χ1) is 13.1. The Bertz CT molecular complexity index is 671. The summed E-state index contributed by atoms with van der Waals surface area (Å²) in [4.78, 5) is 34.7. The maximum Gasteiger partial charge on any atom is 0.410 e. The Morgan fingerprint density at radius 2 is 1.64 bits per heavy atom. The van der Waals surface area contributed by atoms with Crippen molar-refractivity contribution in [1.29, 1.82) is 0 Å². The zero-order valence-corrected chi connectivity index (χ0v) is 17.2. The van der Waals surface area contributed by atoms with Crippen molar-refractivity contribution in [2.45, 2.75) is 53.8 Å². The van der Waals surface area contributed by atoms with E-state index >= 15 is 0 Å². The maximum atomic E-state index is 12.0. The van der Waals surface area contributed by atoms with Gasteiger partial charge in [0.1, 0.15) is 0 Å². The van der Waals surface area contributed by atoms with Crippen LogP contribution in [0.5, 0.6) is 0 Å². The highest BCUT2D eigenvalue weighted by Crippen LogP contribution is 2.15. The molecular formula is C21H31NO6. The molecule has 2 N–H and O–H groups in total. The number of amides is 1. The maximum absolute atomic E-state index is 12.0. The van der Waals surface area contributed by atoms with E-state index in [4.69, 9.17) is 9.47 Å². The molecule has 0 aliphatic carbocycles. The third kappa shape index (κ3) is 8.88. The average Bonchev–Trinajstić information content (AvgIpc) is 2.57. The van der Waals surface area contributed by atoms with Crippen LogP contribution < -0.4 is 5.32 Å². The molecule has 0 spiro atoms. The Labute approximate surface area is 166 Å². The number of nitrogens with one attached hydrogen (secondary N) is 1. The molecule has 156 valence electrons. The van der Waals surface area contributed by atoms with Crippen LogP contribution in [0.25, 0.3) is 0 Å². The van der Waals surface area contributed by atoms with Crippen molar-refractivity contribution in [3.05, 3.63) is 35.4 Å². The van der Waals surface area contributed by atoms with E-state index in [1.807, 2.05) is 24.3 Å². The highest BCUT2D eigenvalue weighted by Gasteiger charge is 2.23. The van der Waals surface area contributed by atoms with Gasteiger partial charge in [-0.25, -0.2) is 4.79 Å². The van der Waals surface area contributed by atoms with Gasteiger partial charge in [-0.15, -0.1) is 0 Å². The SMILES string of the molecule is CC(=O)O[C@@H](OC(=O)NC[C@H](Cc1cccc(CC(C)C)c1)C(=O)O)C(C)C. The van der Waals surface area contributed by atoms with E-state index in [9.17, 15) is 19.5 Å². The van der Waals surface area contributed by atoms with Crippen molar-refractivity contribution >= 4 is 18.0 Å². The van der Waals surface area contributed by atoms with Gasteiger partial charge in [0.25, 0.3) is 6.29 Å². The minimum absolute atomic E-state index is 0.0898. The second-order valence-corrected chi connectivity index (χ2v) is 7.67. The minimum Gasteiger partial charge on any atom is -0.481 e. The van der Waals surface area contributed by atoms with Crippen LogP contribution >= 0.6 is 0 Å². The van der Waals surface area contributed by atoms with E-state index in [2.05, 4.69) is 19.2 Å². The van der Waals surface area contributed by atoms with E-state index in [0.717, 1.165) is 17.5 Å². The molecule has 7 heteroatoms. The quantitative estimate of drug-likeness (QED) is 0.467. The largest absolute Gasteiger partial charge is 0.481 e. The lowest BCUT2D eigenvalue weighted by Gasteiger charge is -2.21. The van der Waals surface area contributed by atoms with Gasteiger partial charge < -0.3 is 19.9 Å². The minimum atomic E-state index is -1.02. The third-order valence-electron chi connectivity index (χ3n) is 4.01. The van der Waals surface area contributed by atoms with E-state index in [0.29, 0.717) is 12.3 Å². The Morgan fingerprint density at radius 1 is 1.04 bits per heavy atom. The lowest BCUT2D eigenvalue weighted by atomic mass is 9.95. The van der Waals surface area contributed by atoms with Gasteiger partial charge in [-0.05, 0) is 29.9 Å². The van der Waals surface area contributed by atoms with Crippen LogP contribution in [0, 0.1) is 17.8 Å². The summed E-state index contributed by atoms with van der Waals surface area (Å²) in [7, 11) is 0. The van der Waals surface area contributed by atoms with Crippen LogP contribution in [0.15, 0.2) is 24.3 Å². The number of rotatable bonds is 10. The van der Waals surface area contributed by atoms with Crippen LogP contribution in [0.1, 0.15) is 45.7 Å². The van der Waals surface area contributed by atoms with E-state index in [-0.39, 0.29) is 12.5 Å². The Morgan fingerprint density at radius 3 is 2.14 bits per heavy atom. The Balaban J connectivity index is 2.67. The third-order valence-corrected chi connectivity index (χ3v) is 4.01. The fourth-order valence-corrected chi connectivity index (χ4v) is 2.70. The van der Waals surface area contributed by atoms with Crippen LogP contribution in [0.4, 0.5) is 4.79 Å². The van der Waals surface area contributed by atoms with Gasteiger partial charge in [0.15, 0.2) is 0 Å². The molecule has 0 heterocycles. The summed E-state index contributed by atoms with van der Waals surface area (Å²) in [6.07, 6.45) is -0.629. The molecule has 2 atom stereocenters. The first kappa shape index (κ1) is 23.5. The van der Waals surface area contributed by atoms with Crippen molar-refractivity contribution in [2.75, 3.05) is 6.54 Å². The predicted molar refractivity (Wildman–Crippen MR) is 105 cm³/mol. The number of carbonyl (C=O) groups excluding carboxylic acids is 2. The second-order valence-electron chi connectivity index (χ2n) is 7.67. The Kier molecular flexibility index (Phi) is 9.48. The second kappa shape index (κ2) is 11.3. The van der Waals surface area contributed by atoms with Gasteiger partial charge in [0.2, 0.25) is 0 Å². The molecule has 7 nitrogen and oxygen atoms in total. The van der Waals surface area contributed by atoms with Gasteiger partial charge in [-0.3, -0.25) is 9.59 Å². The highest BCUT2D eigenvalue weighted by molar-refractivity contribution is 5.73. The van der Waals surface area contributed by atoms with Crippen LogP contribution in [-0.2, 0) is 31.9 Å². The zero-order valence-electron chi connectivity index (χ0n) is 17.2. The molecule has 0 saturated heterocycles. The van der Waals surface area contributed by atoms with E-state index < -0.39 is 30.2 Å². The topological polar surface area (TPSA) is 102 Å². The van der Waals surface area contributed by atoms with Crippen LogP contribution in [0.3, 0.4) is 0 Å². The molecule has 0 unspecified atom stereocenters. The first-order valence-corrected chi connectivity index (χ1v) is 9.50. The summed E-state index contributed by atoms with van der Waals surface area (Å²) >= 11 is 0. The Hall–Kier alpha value is -2.57. The zero-order chi connectivity index (χ0) is 21.3. The molecule has 0 aliphatic heterocycles. The van der Waals surface area contributed by atoms with Gasteiger partial charge >= 0.3 is 18.0 Å². The van der Waals surface area contributed by atoms with Crippen molar-refractivity contribution in [3.8, 4) is 0 Å². The lowest BCUT2D eigenvalue weighted by Crippen LogP contribution is -2.38. The number of carboxylic acids is 1. The summed E-state index contributed by atoms with van der Waals surface area (Å²) in [5.74, 6) is -2.08. The standard InChI is InChI=1S/C21H31NO6/c1-13(2)9-16-7-6-8-17(10-16)11-18(19(24)25)12-22-21(26)28-20(14(3)4)27-15(5)23/h6-8,10,13-14,18,20H,9,11-12H2,1-5H3,(H,22,26)(H,24,25)/t18-,20-/m0/s1. The summed E-state index contributed by atoms with van der Waals surface area (Å²) < 4.78 is 10.0. The number of esters is 1. The van der Waals surface area contributed by atoms with Crippen LogP contribution in [-0.4, -0.2) is 36.0 Å². The summed E-state index contributed by atoms with van der Waals surface area (Å²) in [6.45, 7) is 8.87. The van der Waals surface area contributed by atoms with Gasteiger partial charge in [-0.1, -0.05) is 52.0 Å². The number of hydrogen-bond acceptors (Lipinski definition) is 5. The van der Waals surface area contributed by atoms with Crippen molar-refractivity contribution < 1.29 is 29.0 Å². The number of ether oxygens (including phenoxy) is 2. The molecule has 0 fully saturated rings. The monoisotopic (exact) mass is 393 g/mol. The molecular weight excluding hydrogens is 362 g/mol. The highest BCUT2D eigenvalue weighted by atomic mass is 16.7. The molecule has 1 aromatic rings. The molecule has 0 aliphatic rings. The number of benzene rings is 1. The van der Waals surface area contributed by atoms with Crippen LogP contribution in [0.2, 0.25) is 0 Å². The summed E-state index contributed by atoms with van der Waals surface area (Å²) in [5.41, 5.74) is 2.06. The molecule has 1 amide bonds. The lowest BCUT2D eigenvalue weighted by molar-refractivity contribution is -0.172. The molecule has 0 radical (unpaired) electrons. The average molecular weight is 393 g/mol. The normalized spacial score (nSPS) is 13.1. The molecule has 1 rings (SSSR count). The molecule has 0 aromatic heterocycles. The summed E-state index contributed by atoms with van der Waals surface area (Å²) in [5, 5.41) is 11.9. The van der Waals surface area contributed by atoms with Crippen molar-refractivity contribution in [1.82, 2.24) is 5.32 Å². The van der Waals surface area contributed by atoms with E-state index in [1.54, 1.807) is 13.8 Å². The number of carbonyl (C=O) groups is 3. The molecule has 1 aromatic carbocycles.